The van der Waals surface area contributed by atoms with Gasteiger partial charge in [-0.3, -0.25) is 9.59 Å². The number of likely N-dealkylation sites (tertiary alicyclic amines) is 1. The fourth-order valence-electron chi connectivity index (χ4n) is 5.36. The number of nitrogens with zero attached hydrogens (tertiary/aromatic N) is 2. The van der Waals surface area contributed by atoms with Crippen LogP contribution < -0.4 is 10.1 Å². The van der Waals surface area contributed by atoms with Gasteiger partial charge in [0, 0.05) is 12.6 Å². The van der Waals surface area contributed by atoms with Crippen molar-refractivity contribution in [3.05, 3.63) is 58.6 Å². The summed E-state index contributed by atoms with van der Waals surface area (Å²) in [6.45, 7) is -2.10. The van der Waals surface area contributed by atoms with Gasteiger partial charge < -0.3 is 15.0 Å². The molecule has 0 radical (unpaired) electrons. The Labute approximate surface area is 252 Å². The third kappa shape index (κ3) is 6.19. The Kier molecular flexibility index (Phi) is 7.85. The van der Waals surface area contributed by atoms with Crippen LogP contribution >= 0.6 is 11.6 Å². The van der Waals surface area contributed by atoms with Gasteiger partial charge in [0.15, 0.2) is 16.4 Å². The zero-order valence-electron chi connectivity index (χ0n) is 22.6. The summed E-state index contributed by atoms with van der Waals surface area (Å²) in [5.74, 6) is -1.72. The van der Waals surface area contributed by atoms with E-state index in [0.717, 1.165) is 35.2 Å². The van der Waals surface area contributed by atoms with Crippen LogP contribution in [0.15, 0.2) is 47.4 Å². The average Bonchev–Trinajstić information content (AvgIpc) is 3.87. The van der Waals surface area contributed by atoms with Crippen LogP contribution in [0.2, 0.25) is 5.02 Å². The summed E-state index contributed by atoms with van der Waals surface area (Å²) in [7, 11) is -4.38. The first kappa shape index (κ1) is 31.9. The van der Waals surface area contributed by atoms with Crippen LogP contribution in [0.4, 0.5) is 26.3 Å². The van der Waals surface area contributed by atoms with Gasteiger partial charge >= 0.3 is 12.4 Å². The van der Waals surface area contributed by atoms with Crippen molar-refractivity contribution in [3.8, 4) is 11.8 Å². The molecule has 0 aromatic heterocycles. The Morgan fingerprint density at radius 1 is 1.05 bits per heavy atom. The van der Waals surface area contributed by atoms with Crippen molar-refractivity contribution < 1.29 is 49.1 Å². The summed E-state index contributed by atoms with van der Waals surface area (Å²) in [5.41, 5.74) is -3.02. The van der Waals surface area contributed by atoms with E-state index in [0.29, 0.717) is 12.8 Å². The molecular weight excluding hydrogens is 640 g/mol. The molecule has 2 aromatic carbocycles. The van der Waals surface area contributed by atoms with Gasteiger partial charge in [0.25, 0.3) is 0 Å². The smallest absolute Gasteiger partial charge is 0.422 e. The third-order valence-corrected chi connectivity index (χ3v) is 10.7. The molecule has 1 saturated heterocycles. The Bertz CT molecular complexity index is 1630. The number of ether oxygens (including phenoxy) is 1. The lowest BCUT2D eigenvalue weighted by Crippen LogP contribution is -2.51. The van der Waals surface area contributed by atoms with Crippen molar-refractivity contribution in [2.24, 2.45) is 0 Å². The first-order valence-electron chi connectivity index (χ1n) is 13.4. The van der Waals surface area contributed by atoms with Crippen LogP contribution in [0.25, 0.3) is 0 Å². The van der Waals surface area contributed by atoms with Gasteiger partial charge in [-0.25, -0.2) is 8.42 Å². The SMILES string of the molecule is N#CC1(NC(=O)[C@@H]2C[C@@H](S(=O)(=O)c3ccc(OCC(F)(F)F)cc3Cl)CN2C(=O)C2(c3ccc(C(F)(F)F)cc3)CC2)CC1. The Hall–Kier alpha value is -3.51. The maximum absolute atomic E-state index is 14.0. The van der Waals surface area contributed by atoms with Crippen LogP contribution in [0, 0.1) is 11.3 Å². The molecule has 0 spiro atoms. The van der Waals surface area contributed by atoms with Crippen molar-refractivity contribution >= 4 is 33.3 Å². The maximum atomic E-state index is 14.0. The number of halogens is 7. The van der Waals surface area contributed by atoms with E-state index < -0.39 is 84.9 Å². The van der Waals surface area contributed by atoms with Crippen LogP contribution in [0.5, 0.6) is 5.75 Å². The minimum atomic E-state index is -4.64. The number of rotatable bonds is 8. The first-order valence-corrected chi connectivity index (χ1v) is 15.3. The highest BCUT2D eigenvalue weighted by Crippen LogP contribution is 2.51. The third-order valence-electron chi connectivity index (χ3n) is 8.13. The molecule has 1 heterocycles. The lowest BCUT2D eigenvalue weighted by molar-refractivity contribution is -0.153. The molecule has 1 aliphatic heterocycles. The second-order valence-electron chi connectivity index (χ2n) is 11.2. The first-order chi connectivity index (χ1) is 20.4. The van der Waals surface area contributed by atoms with Gasteiger partial charge in [-0.15, -0.1) is 0 Å². The number of alkyl halides is 6. The van der Waals surface area contributed by atoms with E-state index in [-0.39, 0.29) is 30.6 Å². The standard InChI is InChI=1S/C28H24ClF6N3O5S/c29-20-11-18(43-15-27(30,31)32)5-6-22(20)44(41,42)19-12-21(23(39)37-25(14-36)7-8-25)38(13-19)24(40)26(9-10-26)16-1-3-17(4-2-16)28(33,34)35/h1-6,11,19,21H,7-10,12-13,15H2,(H,37,39)/t19-,21+/m1/s1. The highest BCUT2D eigenvalue weighted by molar-refractivity contribution is 7.92. The molecule has 0 bridgehead atoms. The maximum Gasteiger partial charge on any atom is 0.422 e. The topological polar surface area (TPSA) is 117 Å². The summed E-state index contributed by atoms with van der Waals surface area (Å²) in [6.07, 6.45) is -8.37. The van der Waals surface area contributed by atoms with Crippen molar-refractivity contribution in [1.82, 2.24) is 10.2 Å². The van der Waals surface area contributed by atoms with Crippen molar-refractivity contribution in [1.29, 1.82) is 5.26 Å². The van der Waals surface area contributed by atoms with Gasteiger partial charge in [0.2, 0.25) is 11.8 Å². The fourth-order valence-corrected chi connectivity index (χ4v) is 7.59. The van der Waals surface area contributed by atoms with Crippen LogP contribution in [0.3, 0.4) is 0 Å². The van der Waals surface area contributed by atoms with Crippen LogP contribution in [0.1, 0.15) is 43.2 Å². The summed E-state index contributed by atoms with van der Waals surface area (Å²) in [4.78, 5) is 28.0. The minimum Gasteiger partial charge on any atom is -0.484 e. The normalized spacial score (nSPS) is 22.2. The van der Waals surface area contributed by atoms with E-state index in [1.165, 1.54) is 12.1 Å². The van der Waals surface area contributed by atoms with Gasteiger partial charge in [-0.1, -0.05) is 23.7 Å². The lowest BCUT2D eigenvalue weighted by Gasteiger charge is -2.29. The molecule has 1 N–H and O–H groups in total. The van der Waals surface area contributed by atoms with Crippen LogP contribution in [-0.4, -0.2) is 61.3 Å². The van der Waals surface area contributed by atoms with Crippen molar-refractivity contribution in [2.45, 2.75) is 71.6 Å². The number of benzene rings is 2. The molecule has 0 unspecified atom stereocenters. The number of amides is 2. The van der Waals surface area contributed by atoms with Gasteiger partial charge in [-0.2, -0.15) is 31.6 Å². The van der Waals surface area contributed by atoms with Gasteiger partial charge in [-0.05, 0) is 61.9 Å². The molecule has 2 aromatic rings. The molecule has 2 atom stereocenters. The minimum absolute atomic E-state index is 0.257. The Balaban J connectivity index is 1.43. The lowest BCUT2D eigenvalue weighted by atomic mass is 9.93. The largest absolute Gasteiger partial charge is 0.484 e. The van der Waals surface area contributed by atoms with E-state index in [1.807, 2.05) is 6.07 Å². The molecule has 8 nitrogen and oxygen atoms in total. The van der Waals surface area contributed by atoms with E-state index in [4.69, 9.17) is 11.6 Å². The number of nitriles is 1. The second-order valence-corrected chi connectivity index (χ2v) is 13.8. The van der Waals surface area contributed by atoms with E-state index in [1.54, 1.807) is 0 Å². The molecule has 3 aliphatic rings. The van der Waals surface area contributed by atoms with E-state index in [2.05, 4.69) is 10.1 Å². The fraction of sp³-hybridized carbons (Fsp3) is 0.464. The summed E-state index contributed by atoms with van der Waals surface area (Å²) >= 11 is 6.15. The number of carbonyl (C=O) groups excluding carboxylic acids is 2. The molecule has 2 saturated carbocycles. The van der Waals surface area contributed by atoms with E-state index >= 15 is 0 Å². The van der Waals surface area contributed by atoms with Crippen molar-refractivity contribution in [3.63, 3.8) is 0 Å². The predicted molar refractivity (Wildman–Crippen MR) is 142 cm³/mol. The zero-order chi connectivity index (χ0) is 32.3. The molecule has 236 valence electrons. The summed E-state index contributed by atoms with van der Waals surface area (Å²) < 4.78 is 109. The number of carbonyl (C=O) groups is 2. The molecule has 5 rings (SSSR count). The molecule has 2 amide bonds. The Morgan fingerprint density at radius 3 is 2.18 bits per heavy atom. The van der Waals surface area contributed by atoms with Gasteiger partial charge in [0.05, 0.1) is 32.2 Å². The molecule has 44 heavy (non-hydrogen) atoms. The predicted octanol–water partition coefficient (Wildman–Crippen LogP) is 4.95. The highest BCUT2D eigenvalue weighted by Gasteiger charge is 2.58. The summed E-state index contributed by atoms with van der Waals surface area (Å²) in [5, 5.41) is 10.2. The average molecular weight is 664 g/mol. The van der Waals surface area contributed by atoms with Crippen LogP contribution in [-0.2, 0) is 31.0 Å². The molecule has 16 heteroatoms. The van der Waals surface area contributed by atoms with Gasteiger partial charge in [0.1, 0.15) is 17.3 Å². The molecule has 2 aliphatic carbocycles. The highest BCUT2D eigenvalue weighted by atomic mass is 35.5. The monoisotopic (exact) mass is 663 g/mol. The number of hydrogen-bond acceptors (Lipinski definition) is 6. The molecular formula is C28H24ClF6N3O5S. The number of nitrogens with one attached hydrogen (secondary N) is 1. The van der Waals surface area contributed by atoms with E-state index in [9.17, 15) is 49.6 Å². The second kappa shape index (κ2) is 10.8. The zero-order valence-corrected chi connectivity index (χ0v) is 24.2. The van der Waals surface area contributed by atoms with Crippen molar-refractivity contribution in [2.75, 3.05) is 13.2 Å². The number of sulfone groups is 1. The Morgan fingerprint density at radius 2 is 1.68 bits per heavy atom. The quantitative estimate of drug-likeness (QED) is 0.400. The molecule has 3 fully saturated rings. The number of hydrogen-bond donors (Lipinski definition) is 1. The summed E-state index contributed by atoms with van der Waals surface area (Å²) in [6, 6.07) is 7.61.